The van der Waals surface area contributed by atoms with Crippen LogP contribution in [-0.4, -0.2) is 39.3 Å². The lowest BCUT2D eigenvalue weighted by Gasteiger charge is -2.30. The molecule has 2 N–H and O–H groups in total. The van der Waals surface area contributed by atoms with Crippen LogP contribution in [0.1, 0.15) is 25.6 Å². The number of methoxy groups -OCH3 is 1. The lowest BCUT2D eigenvalue weighted by atomic mass is 9.89. The Morgan fingerprint density at radius 3 is 2.65 bits per heavy atom. The Kier molecular flexibility index (Phi) is 7.02. The zero-order chi connectivity index (χ0) is 15.0. The average Bonchev–Trinajstić information content (AvgIpc) is 2.88. The minimum atomic E-state index is 0.109. The molecule has 1 aromatic rings. The van der Waals surface area contributed by atoms with E-state index >= 15 is 0 Å². The molecule has 1 rings (SSSR count). The summed E-state index contributed by atoms with van der Waals surface area (Å²) in [6.07, 6.45) is 1.17. The van der Waals surface area contributed by atoms with Gasteiger partial charge in [-0.15, -0.1) is 11.3 Å². The molecular weight excluding hydrogens is 270 g/mol. The molecule has 0 saturated heterocycles. The van der Waals surface area contributed by atoms with Gasteiger partial charge >= 0.3 is 0 Å². The summed E-state index contributed by atoms with van der Waals surface area (Å²) in [7, 11) is 3.55. The van der Waals surface area contributed by atoms with Crippen molar-refractivity contribution in [1.29, 1.82) is 0 Å². The Morgan fingerprint density at radius 2 is 2.15 bits per heavy atom. The van der Waals surface area contributed by atoms with Crippen LogP contribution in [0.2, 0.25) is 0 Å². The van der Waals surface area contributed by atoms with E-state index in [2.05, 4.69) is 53.9 Å². The number of rotatable bonds is 6. The monoisotopic (exact) mass is 297 g/mol. The van der Waals surface area contributed by atoms with E-state index in [9.17, 15) is 0 Å². The fourth-order valence-corrected chi connectivity index (χ4v) is 2.62. The molecule has 0 radical (unpaired) electrons. The normalized spacial score (nSPS) is 14.2. The summed E-state index contributed by atoms with van der Waals surface area (Å²) >= 11 is 1.79. The van der Waals surface area contributed by atoms with Gasteiger partial charge in [-0.3, -0.25) is 4.99 Å². The molecule has 0 amide bonds. The highest BCUT2D eigenvalue weighted by Gasteiger charge is 2.24. The van der Waals surface area contributed by atoms with Gasteiger partial charge in [-0.05, 0) is 23.3 Å². The summed E-state index contributed by atoms with van der Waals surface area (Å²) in [5.74, 6) is 0.827. The molecule has 0 bridgehead atoms. The van der Waals surface area contributed by atoms with Crippen molar-refractivity contribution in [2.75, 3.05) is 27.2 Å². The summed E-state index contributed by atoms with van der Waals surface area (Å²) in [4.78, 5) is 5.62. The second-order valence-corrected chi connectivity index (χ2v) is 6.83. The number of ether oxygens (including phenoxy) is 1. The Hall–Kier alpha value is -1.07. The first-order chi connectivity index (χ1) is 9.47. The van der Waals surface area contributed by atoms with Crippen molar-refractivity contribution < 1.29 is 4.74 Å². The summed E-state index contributed by atoms with van der Waals surface area (Å²) in [6.45, 7) is 8.16. The van der Waals surface area contributed by atoms with Gasteiger partial charge in [-0.25, -0.2) is 0 Å². The maximum Gasteiger partial charge on any atom is 0.191 e. The number of guanidine groups is 1. The third-order valence-electron chi connectivity index (χ3n) is 3.17. The van der Waals surface area contributed by atoms with Gasteiger partial charge in [0, 0.05) is 32.1 Å². The summed E-state index contributed by atoms with van der Waals surface area (Å²) in [6, 6.07) is 4.24. The number of nitrogens with zero attached hydrogens (tertiary/aromatic N) is 1. The van der Waals surface area contributed by atoms with Crippen molar-refractivity contribution in [1.82, 2.24) is 10.6 Å². The van der Waals surface area contributed by atoms with Crippen LogP contribution in [0.15, 0.2) is 22.5 Å². The van der Waals surface area contributed by atoms with Gasteiger partial charge in [-0.2, -0.15) is 0 Å². The molecule has 0 spiro atoms. The first-order valence-electron chi connectivity index (χ1n) is 6.97. The van der Waals surface area contributed by atoms with Crippen molar-refractivity contribution in [3.05, 3.63) is 22.4 Å². The molecule has 1 aromatic heterocycles. The smallest absolute Gasteiger partial charge is 0.191 e. The predicted molar refractivity (Wildman–Crippen MR) is 87.6 cm³/mol. The number of hydrogen-bond donors (Lipinski definition) is 2. The molecule has 1 atom stereocenters. The van der Waals surface area contributed by atoms with Crippen LogP contribution in [0, 0.1) is 5.41 Å². The molecule has 0 aliphatic rings. The molecule has 0 saturated carbocycles. The lowest BCUT2D eigenvalue weighted by molar-refractivity contribution is 0.0205. The molecular formula is C15H27N3OS. The first kappa shape index (κ1) is 17.0. The Bertz CT molecular complexity index is 396. The number of thiophene rings is 1. The van der Waals surface area contributed by atoms with E-state index in [0.717, 1.165) is 25.5 Å². The highest BCUT2D eigenvalue weighted by atomic mass is 32.1. The second-order valence-electron chi connectivity index (χ2n) is 5.80. The molecule has 0 aliphatic heterocycles. The van der Waals surface area contributed by atoms with E-state index < -0.39 is 0 Å². The fourth-order valence-electron chi connectivity index (χ4n) is 1.91. The van der Waals surface area contributed by atoms with Crippen LogP contribution in [0.25, 0.3) is 0 Å². The van der Waals surface area contributed by atoms with E-state index in [4.69, 9.17) is 4.74 Å². The maximum atomic E-state index is 5.53. The van der Waals surface area contributed by atoms with Crippen molar-refractivity contribution in [3.63, 3.8) is 0 Å². The zero-order valence-electron chi connectivity index (χ0n) is 13.2. The van der Waals surface area contributed by atoms with E-state index in [1.165, 1.54) is 4.88 Å². The van der Waals surface area contributed by atoms with E-state index in [1.807, 2.05) is 0 Å². The van der Waals surface area contributed by atoms with E-state index in [1.54, 1.807) is 25.5 Å². The van der Waals surface area contributed by atoms with Gasteiger partial charge in [0.25, 0.3) is 0 Å². The SMILES string of the molecule is CN=C(NCCc1cccs1)NCC(OC)C(C)(C)C. The highest BCUT2D eigenvalue weighted by Crippen LogP contribution is 2.20. The van der Waals surface area contributed by atoms with Gasteiger partial charge in [-0.1, -0.05) is 26.8 Å². The minimum Gasteiger partial charge on any atom is -0.379 e. The predicted octanol–water partition coefficient (Wildman–Crippen LogP) is 2.52. The quantitative estimate of drug-likeness (QED) is 0.626. The number of aliphatic imine (C=N–C) groups is 1. The molecule has 20 heavy (non-hydrogen) atoms. The van der Waals surface area contributed by atoms with Crippen LogP contribution < -0.4 is 10.6 Å². The highest BCUT2D eigenvalue weighted by molar-refractivity contribution is 7.09. The lowest BCUT2D eigenvalue weighted by Crippen LogP contribution is -2.45. The molecule has 0 aromatic carbocycles. The summed E-state index contributed by atoms with van der Waals surface area (Å²) < 4.78 is 5.53. The van der Waals surface area contributed by atoms with Crippen LogP contribution >= 0.6 is 11.3 Å². The molecule has 1 unspecified atom stereocenters. The number of nitrogens with one attached hydrogen (secondary N) is 2. The van der Waals surface area contributed by atoms with Gasteiger partial charge in [0.1, 0.15) is 0 Å². The molecule has 0 aliphatic carbocycles. The molecule has 5 heteroatoms. The Morgan fingerprint density at radius 1 is 1.40 bits per heavy atom. The number of hydrogen-bond acceptors (Lipinski definition) is 3. The third-order valence-corrected chi connectivity index (χ3v) is 4.11. The Labute approximate surface area is 126 Å². The zero-order valence-corrected chi connectivity index (χ0v) is 14.0. The van der Waals surface area contributed by atoms with Crippen molar-refractivity contribution in [2.24, 2.45) is 10.4 Å². The Balaban J connectivity index is 2.32. The van der Waals surface area contributed by atoms with Crippen molar-refractivity contribution in [3.8, 4) is 0 Å². The first-order valence-corrected chi connectivity index (χ1v) is 7.85. The second kappa shape index (κ2) is 8.27. The van der Waals surface area contributed by atoms with Crippen molar-refractivity contribution >= 4 is 17.3 Å². The summed E-state index contributed by atoms with van der Waals surface area (Å²) in [5.41, 5.74) is 0.109. The topological polar surface area (TPSA) is 45.7 Å². The maximum absolute atomic E-state index is 5.53. The average molecular weight is 297 g/mol. The van der Waals surface area contributed by atoms with Gasteiger partial charge in [0.05, 0.1) is 6.10 Å². The van der Waals surface area contributed by atoms with E-state index in [-0.39, 0.29) is 11.5 Å². The minimum absolute atomic E-state index is 0.109. The van der Waals surface area contributed by atoms with Crippen molar-refractivity contribution in [2.45, 2.75) is 33.3 Å². The van der Waals surface area contributed by atoms with Gasteiger partial charge < -0.3 is 15.4 Å². The third kappa shape index (κ3) is 5.92. The van der Waals surface area contributed by atoms with Gasteiger partial charge in [0.2, 0.25) is 0 Å². The van der Waals surface area contributed by atoms with Crippen LogP contribution in [0.5, 0.6) is 0 Å². The van der Waals surface area contributed by atoms with Crippen LogP contribution in [0.3, 0.4) is 0 Å². The van der Waals surface area contributed by atoms with Gasteiger partial charge in [0.15, 0.2) is 5.96 Å². The summed E-state index contributed by atoms with van der Waals surface area (Å²) in [5, 5.41) is 8.76. The standard InChI is InChI=1S/C15H27N3OS/c1-15(2,3)13(19-5)11-18-14(16-4)17-9-8-12-7-6-10-20-12/h6-7,10,13H,8-9,11H2,1-5H3,(H2,16,17,18). The molecule has 0 fully saturated rings. The molecule has 4 nitrogen and oxygen atoms in total. The molecule has 114 valence electrons. The largest absolute Gasteiger partial charge is 0.379 e. The van der Waals surface area contributed by atoms with Crippen LogP contribution in [-0.2, 0) is 11.2 Å². The molecule has 1 heterocycles. The van der Waals surface area contributed by atoms with E-state index in [0.29, 0.717) is 0 Å². The van der Waals surface area contributed by atoms with Crippen LogP contribution in [0.4, 0.5) is 0 Å². The fraction of sp³-hybridized carbons (Fsp3) is 0.667.